The number of hydrogen-bond acceptors (Lipinski definition) is 2. The Morgan fingerprint density at radius 1 is 0.277 bits per heavy atom. The summed E-state index contributed by atoms with van der Waals surface area (Å²) < 4.78 is 2.36. The molecule has 0 saturated heterocycles. The van der Waals surface area contributed by atoms with Gasteiger partial charge < -0.3 is 4.57 Å². The summed E-state index contributed by atoms with van der Waals surface area (Å²) >= 11 is 0. The van der Waals surface area contributed by atoms with E-state index in [1.807, 2.05) is 6.07 Å². The first-order chi connectivity index (χ1) is 32.2. The molecule has 0 radical (unpaired) electrons. The molecule has 0 spiro atoms. The third-order valence-electron chi connectivity index (χ3n) is 13.2. The Kier molecular flexibility index (Phi) is 8.53. The van der Waals surface area contributed by atoms with Gasteiger partial charge in [0, 0.05) is 33.2 Å². The van der Waals surface area contributed by atoms with Crippen molar-refractivity contribution in [3.05, 3.63) is 237 Å². The van der Waals surface area contributed by atoms with Crippen molar-refractivity contribution in [3.8, 4) is 61.8 Å². The molecule has 13 rings (SSSR count). The van der Waals surface area contributed by atoms with Gasteiger partial charge in [0.25, 0.3) is 0 Å². The topological polar surface area (TPSA) is 30.7 Å². The SMILES string of the molecule is c1ccc(-c2nc(-c3ccc(-c4ccc5c(c4)c4ccccc4n5-c4ccccc4)cc3)cc(-c3ccc(-c4c5ccccc5cc5c4ccc4ccccc45)c4ccccc34)n2)cc1. The number of nitrogens with zero attached hydrogens (tertiary/aromatic N) is 3. The highest BCUT2D eigenvalue weighted by molar-refractivity contribution is 6.23. The minimum atomic E-state index is 0.697. The van der Waals surface area contributed by atoms with E-state index in [4.69, 9.17) is 9.97 Å². The highest BCUT2D eigenvalue weighted by Crippen LogP contribution is 2.44. The van der Waals surface area contributed by atoms with Crippen molar-refractivity contribution in [2.24, 2.45) is 0 Å². The van der Waals surface area contributed by atoms with E-state index in [2.05, 4.69) is 235 Å². The molecule has 0 bridgehead atoms. The zero-order chi connectivity index (χ0) is 42.8. The van der Waals surface area contributed by atoms with E-state index in [1.54, 1.807) is 0 Å². The van der Waals surface area contributed by atoms with E-state index in [0.29, 0.717) is 5.82 Å². The molecule has 2 aromatic heterocycles. The summed E-state index contributed by atoms with van der Waals surface area (Å²) in [7, 11) is 0. The molecule has 13 aromatic rings. The molecule has 0 N–H and O–H groups in total. The van der Waals surface area contributed by atoms with Gasteiger partial charge in [0.2, 0.25) is 0 Å². The van der Waals surface area contributed by atoms with Gasteiger partial charge in [-0.1, -0.05) is 194 Å². The second-order valence-corrected chi connectivity index (χ2v) is 16.9. The average molecular weight is 826 g/mol. The number of para-hydroxylation sites is 2. The second-order valence-electron chi connectivity index (χ2n) is 16.9. The zero-order valence-electron chi connectivity index (χ0n) is 35.4. The van der Waals surface area contributed by atoms with Gasteiger partial charge in [-0.05, 0) is 108 Å². The van der Waals surface area contributed by atoms with Crippen molar-refractivity contribution in [1.82, 2.24) is 14.5 Å². The molecule has 11 aromatic carbocycles. The number of hydrogen-bond donors (Lipinski definition) is 0. The average Bonchev–Trinajstić information content (AvgIpc) is 3.72. The fourth-order valence-electron chi connectivity index (χ4n) is 10.1. The molecule has 0 unspecified atom stereocenters. The van der Waals surface area contributed by atoms with E-state index < -0.39 is 0 Å². The summed E-state index contributed by atoms with van der Waals surface area (Å²) in [6.45, 7) is 0. The van der Waals surface area contributed by atoms with Crippen LogP contribution in [-0.2, 0) is 0 Å². The summed E-state index contributed by atoms with van der Waals surface area (Å²) in [5.41, 5.74) is 13.2. The number of fused-ring (bicyclic) bond motifs is 8. The maximum atomic E-state index is 5.32. The van der Waals surface area contributed by atoms with Gasteiger partial charge in [0.05, 0.1) is 22.4 Å². The lowest BCUT2D eigenvalue weighted by atomic mass is 9.86. The Hall–Kier alpha value is -8.66. The maximum Gasteiger partial charge on any atom is 0.160 e. The lowest BCUT2D eigenvalue weighted by Crippen LogP contribution is -1.97. The van der Waals surface area contributed by atoms with Crippen molar-refractivity contribution in [1.29, 1.82) is 0 Å². The molecule has 302 valence electrons. The van der Waals surface area contributed by atoms with Gasteiger partial charge in [-0.15, -0.1) is 0 Å². The second kappa shape index (κ2) is 15.0. The largest absolute Gasteiger partial charge is 0.309 e. The standard InChI is InChI=1S/C62H39N3/c1-3-16-43(17-4-1)62-63-57(42-29-27-40(28-30-42)44-32-36-60-56(37-44)52-25-13-14-26-59(52)65(60)46-19-5-2-6-20-46)39-58(64-62)51-34-35-53(50-24-12-11-23-49(50)51)61-48-22-10-8-18-45(48)38-55-47-21-9-7-15-41(47)31-33-54(55)61/h1-39H. The zero-order valence-corrected chi connectivity index (χ0v) is 35.4. The van der Waals surface area contributed by atoms with Crippen LogP contribution in [0.3, 0.4) is 0 Å². The molecular formula is C62H39N3. The van der Waals surface area contributed by atoms with Crippen LogP contribution in [0.1, 0.15) is 0 Å². The van der Waals surface area contributed by atoms with Crippen molar-refractivity contribution in [3.63, 3.8) is 0 Å². The fourth-order valence-corrected chi connectivity index (χ4v) is 10.1. The predicted molar refractivity (Wildman–Crippen MR) is 274 cm³/mol. The van der Waals surface area contributed by atoms with Crippen LogP contribution in [0.25, 0.3) is 127 Å². The van der Waals surface area contributed by atoms with Crippen LogP contribution in [0.4, 0.5) is 0 Å². The highest BCUT2D eigenvalue weighted by Gasteiger charge is 2.19. The van der Waals surface area contributed by atoms with E-state index in [-0.39, 0.29) is 0 Å². The Labute approximate surface area is 376 Å². The molecule has 0 aliphatic heterocycles. The van der Waals surface area contributed by atoms with Gasteiger partial charge in [0.1, 0.15) is 0 Å². The molecule has 3 nitrogen and oxygen atoms in total. The molecule has 0 aliphatic carbocycles. The van der Waals surface area contributed by atoms with Crippen LogP contribution in [0, 0.1) is 0 Å². The molecule has 65 heavy (non-hydrogen) atoms. The summed E-state index contributed by atoms with van der Waals surface area (Å²) in [5, 5.41) is 12.3. The molecule has 0 aliphatic rings. The van der Waals surface area contributed by atoms with Crippen molar-refractivity contribution >= 4 is 64.9 Å². The van der Waals surface area contributed by atoms with Crippen LogP contribution in [-0.4, -0.2) is 14.5 Å². The first-order valence-corrected chi connectivity index (χ1v) is 22.2. The Bertz CT molecular complexity index is 3980. The van der Waals surface area contributed by atoms with E-state index in [1.165, 1.54) is 76.2 Å². The first-order valence-electron chi connectivity index (χ1n) is 22.2. The van der Waals surface area contributed by atoms with Gasteiger partial charge in [-0.25, -0.2) is 9.97 Å². The molecule has 0 atom stereocenters. The number of benzene rings is 11. The summed E-state index contributed by atoms with van der Waals surface area (Å²) in [4.78, 5) is 10.5. The maximum absolute atomic E-state index is 5.32. The Morgan fingerprint density at radius 3 is 1.66 bits per heavy atom. The van der Waals surface area contributed by atoms with Crippen LogP contribution < -0.4 is 0 Å². The summed E-state index contributed by atoms with van der Waals surface area (Å²) in [6.07, 6.45) is 0. The first kappa shape index (κ1) is 36.9. The highest BCUT2D eigenvalue weighted by atomic mass is 15.0. The molecule has 3 heteroatoms. The monoisotopic (exact) mass is 825 g/mol. The smallest absolute Gasteiger partial charge is 0.160 e. The molecule has 0 amide bonds. The Balaban J connectivity index is 0.946. The van der Waals surface area contributed by atoms with Crippen LogP contribution in [0.15, 0.2) is 237 Å². The quantitative estimate of drug-likeness (QED) is 0.123. The molecule has 0 saturated carbocycles. The predicted octanol–water partition coefficient (Wildman–Crippen LogP) is 16.5. The normalized spacial score (nSPS) is 11.7. The van der Waals surface area contributed by atoms with Crippen LogP contribution in [0.2, 0.25) is 0 Å². The van der Waals surface area contributed by atoms with E-state index in [0.717, 1.165) is 44.7 Å². The molecular weight excluding hydrogens is 787 g/mol. The van der Waals surface area contributed by atoms with E-state index in [9.17, 15) is 0 Å². The van der Waals surface area contributed by atoms with Gasteiger partial charge in [-0.2, -0.15) is 0 Å². The lowest BCUT2D eigenvalue weighted by molar-refractivity contribution is 1.18. The number of rotatable bonds is 6. The van der Waals surface area contributed by atoms with Gasteiger partial charge in [-0.3, -0.25) is 0 Å². The Morgan fingerprint density at radius 2 is 0.862 bits per heavy atom. The molecule has 0 fully saturated rings. The minimum Gasteiger partial charge on any atom is -0.309 e. The number of aromatic nitrogens is 3. The van der Waals surface area contributed by atoms with Crippen LogP contribution in [0.5, 0.6) is 0 Å². The summed E-state index contributed by atoms with van der Waals surface area (Å²) in [5.74, 6) is 0.697. The van der Waals surface area contributed by atoms with Crippen LogP contribution >= 0.6 is 0 Å². The summed E-state index contributed by atoms with van der Waals surface area (Å²) in [6, 6.07) is 85.2. The van der Waals surface area contributed by atoms with Gasteiger partial charge >= 0.3 is 0 Å². The third kappa shape index (κ3) is 6.12. The minimum absolute atomic E-state index is 0.697. The van der Waals surface area contributed by atoms with E-state index >= 15 is 0 Å². The molecule has 2 heterocycles. The van der Waals surface area contributed by atoms with Crippen molar-refractivity contribution in [2.45, 2.75) is 0 Å². The fraction of sp³-hybridized carbons (Fsp3) is 0. The van der Waals surface area contributed by atoms with Gasteiger partial charge in [0.15, 0.2) is 5.82 Å². The lowest BCUT2D eigenvalue weighted by Gasteiger charge is -2.17. The van der Waals surface area contributed by atoms with Crippen molar-refractivity contribution < 1.29 is 0 Å². The third-order valence-corrected chi connectivity index (χ3v) is 13.2. The van der Waals surface area contributed by atoms with Crippen molar-refractivity contribution in [2.75, 3.05) is 0 Å².